The minimum absolute atomic E-state index is 0.275. The lowest BCUT2D eigenvalue weighted by Crippen LogP contribution is -2.39. The lowest BCUT2D eigenvalue weighted by Gasteiger charge is -2.33. The molecule has 0 spiro atoms. The first kappa shape index (κ1) is 32.4. The predicted molar refractivity (Wildman–Crippen MR) is 167 cm³/mol. The molecule has 2 aromatic carbocycles. The molecule has 1 unspecified atom stereocenters. The number of hydrogen-bond acceptors (Lipinski definition) is 2. The molecule has 0 radical (unpaired) electrons. The second kappa shape index (κ2) is 17.7. The molecule has 4 nitrogen and oxygen atoms in total. The first-order valence-electron chi connectivity index (χ1n) is 13.2. The van der Waals surface area contributed by atoms with Crippen LogP contribution in [0, 0.1) is 0 Å². The largest absolute Gasteiger partial charge is 0.385 e. The van der Waals surface area contributed by atoms with Gasteiger partial charge in [0.05, 0.1) is 0 Å². The Morgan fingerprint density at radius 3 is 2.58 bits per heavy atom. The maximum Gasteiger partial charge on any atom is 0.222 e. The van der Waals surface area contributed by atoms with Crippen molar-refractivity contribution in [2.75, 3.05) is 33.2 Å². The van der Waals surface area contributed by atoms with Crippen molar-refractivity contribution < 1.29 is 9.53 Å². The van der Waals surface area contributed by atoms with Gasteiger partial charge in [-0.1, -0.05) is 51.8 Å². The zero-order valence-corrected chi connectivity index (χ0v) is 26.0. The number of alkyl halides is 1. The van der Waals surface area contributed by atoms with E-state index in [1.807, 2.05) is 19.1 Å². The fraction of sp³-hybridized carbons (Fsp3) is 0.452. The molecule has 7 heteroatoms. The summed E-state index contributed by atoms with van der Waals surface area (Å²) >= 11 is 14.6. The van der Waals surface area contributed by atoms with Gasteiger partial charge in [-0.05, 0) is 74.9 Å². The monoisotopic (exact) mass is 622 g/mol. The summed E-state index contributed by atoms with van der Waals surface area (Å²) in [5, 5.41) is 1.89. The average Bonchev–Trinajstić information content (AvgIpc) is 3.31. The standard InChI is InChI=1S/C27H32BrClN2O2.C3H6.CH3Cl/c1-33-17-5-16-31-25-9-3-8-24(29)23(25)18-26(31)21-7-4-15-30(19-21)27(32)10-2-6-20-11-13-22(28)14-12-20;1-3-2;1-2/h3,8-9,11-14,18,21H,2,4-7,10,15-17,19H2,1H3;3H,1H2,2H3;1H3. The van der Waals surface area contributed by atoms with E-state index in [4.69, 9.17) is 16.3 Å². The van der Waals surface area contributed by atoms with E-state index in [0.717, 1.165) is 73.2 Å². The summed E-state index contributed by atoms with van der Waals surface area (Å²) in [7, 11) is 1.74. The minimum Gasteiger partial charge on any atom is -0.385 e. The molecule has 2 heterocycles. The van der Waals surface area contributed by atoms with Crippen LogP contribution in [0.2, 0.25) is 5.02 Å². The van der Waals surface area contributed by atoms with E-state index in [-0.39, 0.29) is 5.91 Å². The van der Waals surface area contributed by atoms with Gasteiger partial charge in [-0.15, -0.1) is 18.2 Å². The minimum atomic E-state index is 0.275. The highest BCUT2D eigenvalue weighted by Crippen LogP contribution is 2.35. The van der Waals surface area contributed by atoms with Gasteiger partial charge in [-0.3, -0.25) is 4.79 Å². The van der Waals surface area contributed by atoms with E-state index in [9.17, 15) is 4.79 Å². The van der Waals surface area contributed by atoms with Crippen LogP contribution in [0.15, 0.2) is 65.7 Å². The van der Waals surface area contributed by atoms with Crippen LogP contribution in [0.25, 0.3) is 10.9 Å². The Balaban J connectivity index is 0.000000947. The fourth-order valence-electron chi connectivity index (χ4n) is 4.92. The number of aromatic nitrogens is 1. The van der Waals surface area contributed by atoms with Gasteiger partial charge in [0.25, 0.3) is 0 Å². The van der Waals surface area contributed by atoms with E-state index in [1.165, 1.54) is 23.2 Å². The Morgan fingerprint density at radius 1 is 1.18 bits per heavy atom. The highest BCUT2D eigenvalue weighted by atomic mass is 79.9. The number of aryl methyl sites for hydroxylation is 2. The number of amides is 1. The molecular formula is C31H41BrCl2N2O2. The topological polar surface area (TPSA) is 34.5 Å². The van der Waals surface area contributed by atoms with Gasteiger partial charge < -0.3 is 14.2 Å². The van der Waals surface area contributed by atoms with Gasteiger partial charge in [-0.2, -0.15) is 0 Å². The van der Waals surface area contributed by atoms with E-state index >= 15 is 0 Å². The number of ether oxygens (including phenoxy) is 1. The molecule has 3 aromatic rings. The van der Waals surface area contributed by atoms with Gasteiger partial charge in [0.15, 0.2) is 0 Å². The number of nitrogens with zero attached hydrogens (tertiary/aromatic N) is 2. The number of likely N-dealkylation sites (tertiary alicyclic amines) is 1. The molecule has 1 aliphatic rings. The maximum absolute atomic E-state index is 13.0. The summed E-state index contributed by atoms with van der Waals surface area (Å²) in [6.45, 7) is 8.52. The summed E-state index contributed by atoms with van der Waals surface area (Å²) in [5.41, 5.74) is 3.74. The molecule has 0 bridgehead atoms. The van der Waals surface area contributed by atoms with Gasteiger partial charge >= 0.3 is 0 Å². The molecule has 1 atom stereocenters. The first-order valence-corrected chi connectivity index (χ1v) is 15.1. The number of piperidine rings is 1. The summed E-state index contributed by atoms with van der Waals surface area (Å²) in [6.07, 6.45) is 8.73. The van der Waals surface area contributed by atoms with Crippen molar-refractivity contribution in [3.8, 4) is 0 Å². The van der Waals surface area contributed by atoms with E-state index in [1.54, 1.807) is 13.2 Å². The van der Waals surface area contributed by atoms with Crippen molar-refractivity contribution in [1.29, 1.82) is 0 Å². The summed E-state index contributed by atoms with van der Waals surface area (Å²) in [5.74, 6) is 0.608. The van der Waals surface area contributed by atoms with Crippen molar-refractivity contribution in [1.82, 2.24) is 9.47 Å². The van der Waals surface area contributed by atoms with Crippen molar-refractivity contribution >= 4 is 55.9 Å². The zero-order valence-electron chi connectivity index (χ0n) is 22.9. The molecular weight excluding hydrogens is 583 g/mol. The van der Waals surface area contributed by atoms with Gasteiger partial charge in [-0.25, -0.2) is 0 Å². The van der Waals surface area contributed by atoms with E-state index in [0.29, 0.717) is 12.3 Å². The molecule has 0 aliphatic carbocycles. The third kappa shape index (κ3) is 9.44. The van der Waals surface area contributed by atoms with Crippen molar-refractivity contribution in [3.05, 3.63) is 81.9 Å². The van der Waals surface area contributed by atoms with Crippen molar-refractivity contribution in [2.24, 2.45) is 0 Å². The summed E-state index contributed by atoms with van der Waals surface area (Å²) in [4.78, 5) is 15.1. The van der Waals surface area contributed by atoms with Crippen molar-refractivity contribution in [2.45, 2.75) is 57.9 Å². The van der Waals surface area contributed by atoms with Crippen LogP contribution in [0.5, 0.6) is 0 Å². The first-order chi connectivity index (χ1) is 18.5. The van der Waals surface area contributed by atoms with Gasteiger partial charge in [0.2, 0.25) is 5.91 Å². The number of methoxy groups -OCH3 is 1. The van der Waals surface area contributed by atoms with Crippen LogP contribution in [-0.2, 0) is 22.5 Å². The third-order valence-corrected chi connectivity index (χ3v) is 7.47. The van der Waals surface area contributed by atoms with E-state index in [2.05, 4.69) is 80.0 Å². The number of rotatable bonds is 9. The number of halogens is 3. The van der Waals surface area contributed by atoms with Crippen molar-refractivity contribution in [3.63, 3.8) is 0 Å². The maximum atomic E-state index is 13.0. The SMILES string of the molecule is C=CC.CCl.COCCCn1c(C2CCCN(C(=O)CCCc3ccc(Br)cc3)C2)cc2c(Cl)cccc21. The van der Waals surface area contributed by atoms with Gasteiger partial charge in [0.1, 0.15) is 0 Å². The Morgan fingerprint density at radius 2 is 1.89 bits per heavy atom. The number of allylic oxidation sites excluding steroid dienone is 1. The summed E-state index contributed by atoms with van der Waals surface area (Å²) in [6, 6.07) is 16.7. The van der Waals surface area contributed by atoms with Crippen LogP contribution in [-0.4, -0.2) is 48.6 Å². The van der Waals surface area contributed by atoms with Crippen LogP contribution < -0.4 is 0 Å². The molecule has 1 amide bonds. The average molecular weight is 624 g/mol. The number of benzene rings is 2. The molecule has 4 rings (SSSR count). The van der Waals surface area contributed by atoms with Crippen LogP contribution in [0.4, 0.5) is 0 Å². The number of fused-ring (bicyclic) bond motifs is 1. The van der Waals surface area contributed by atoms with Crippen LogP contribution in [0.3, 0.4) is 0 Å². The molecule has 1 fully saturated rings. The highest BCUT2D eigenvalue weighted by molar-refractivity contribution is 9.10. The Labute approximate surface area is 247 Å². The summed E-state index contributed by atoms with van der Waals surface area (Å²) < 4.78 is 8.77. The van der Waals surface area contributed by atoms with Crippen LogP contribution in [0.1, 0.15) is 56.2 Å². The third-order valence-electron chi connectivity index (χ3n) is 6.62. The number of carbonyl (C=O) groups excluding carboxylic acids is 1. The molecule has 208 valence electrons. The molecule has 0 saturated carbocycles. The second-order valence-corrected chi connectivity index (χ2v) is 10.6. The molecule has 1 saturated heterocycles. The lowest BCUT2D eigenvalue weighted by atomic mass is 9.94. The van der Waals surface area contributed by atoms with Crippen LogP contribution >= 0.6 is 39.1 Å². The zero-order chi connectivity index (χ0) is 27.9. The normalized spacial score (nSPS) is 14.8. The predicted octanol–water partition coefficient (Wildman–Crippen LogP) is 8.87. The molecule has 1 aromatic heterocycles. The Bertz CT molecular complexity index is 1130. The fourth-order valence-corrected chi connectivity index (χ4v) is 5.41. The Hall–Kier alpha value is -1.79. The quantitative estimate of drug-likeness (QED) is 0.135. The van der Waals surface area contributed by atoms with Gasteiger partial charge in [0, 0.05) is 78.2 Å². The smallest absolute Gasteiger partial charge is 0.222 e. The molecule has 1 aliphatic heterocycles. The molecule has 38 heavy (non-hydrogen) atoms. The highest BCUT2D eigenvalue weighted by Gasteiger charge is 2.27. The Kier molecular flexibility index (Phi) is 15.1. The lowest BCUT2D eigenvalue weighted by molar-refractivity contribution is -0.132. The number of hydrogen-bond donors (Lipinski definition) is 0. The number of carbonyl (C=O) groups is 1. The molecule has 0 N–H and O–H groups in total. The second-order valence-electron chi connectivity index (χ2n) is 9.31. The van der Waals surface area contributed by atoms with E-state index < -0.39 is 0 Å².